The minimum atomic E-state index is -1.41. The van der Waals surface area contributed by atoms with Crippen molar-refractivity contribution in [2.75, 3.05) is 0 Å². The Balaban J connectivity index is 1.63. The number of hydrogen-bond acceptors (Lipinski definition) is 6. The molecule has 0 bridgehead atoms. The summed E-state index contributed by atoms with van der Waals surface area (Å²) in [5.41, 5.74) is 3.27. The molecule has 164 valence electrons. The minimum Gasteiger partial charge on any atom is -0.460 e. The first-order valence-corrected chi connectivity index (χ1v) is 11.7. The number of fused-ring (bicyclic) bond motifs is 1. The fourth-order valence-electron chi connectivity index (χ4n) is 4.07. The molecule has 0 atom stereocenters. The molecule has 0 aliphatic heterocycles. The van der Waals surface area contributed by atoms with Gasteiger partial charge in [0.05, 0.1) is 3.82 Å². The van der Waals surface area contributed by atoms with Crippen LogP contribution in [0.1, 0.15) is 32.7 Å². The smallest absolute Gasteiger partial charge is 0.324 e. The topological polar surface area (TPSA) is 52.6 Å². The summed E-state index contributed by atoms with van der Waals surface area (Å²) in [6, 6.07) is 18.9. The van der Waals surface area contributed by atoms with Crippen LogP contribution in [-0.4, -0.2) is 11.9 Å². The Morgan fingerprint density at radius 2 is 1.31 bits per heavy atom. The van der Waals surface area contributed by atoms with Crippen LogP contribution in [0.4, 0.5) is 0 Å². The van der Waals surface area contributed by atoms with E-state index in [0.29, 0.717) is 0 Å². The van der Waals surface area contributed by atoms with Crippen molar-refractivity contribution >= 4 is 35.5 Å². The van der Waals surface area contributed by atoms with Gasteiger partial charge < -0.3 is 9.47 Å². The van der Waals surface area contributed by atoms with E-state index in [4.69, 9.17) is 21.7 Å². The quantitative estimate of drug-likeness (QED) is 0.267. The van der Waals surface area contributed by atoms with Crippen molar-refractivity contribution in [3.8, 4) is 0 Å². The summed E-state index contributed by atoms with van der Waals surface area (Å²) < 4.78 is 12.1. The lowest BCUT2D eigenvalue weighted by molar-refractivity contribution is -0.173. The van der Waals surface area contributed by atoms with E-state index in [1.54, 1.807) is 0 Å². The van der Waals surface area contributed by atoms with E-state index in [0.717, 1.165) is 36.5 Å². The molecule has 0 N–H and O–H groups in total. The van der Waals surface area contributed by atoms with Crippen molar-refractivity contribution in [1.82, 2.24) is 0 Å². The third kappa shape index (κ3) is 4.38. The summed E-state index contributed by atoms with van der Waals surface area (Å²) in [4.78, 5) is 27.9. The molecule has 6 heteroatoms. The van der Waals surface area contributed by atoms with Gasteiger partial charge in [-0.1, -0.05) is 72.9 Å². The average molecular weight is 465 g/mol. The average Bonchev–Trinajstić information content (AvgIpc) is 3.24. The summed E-state index contributed by atoms with van der Waals surface area (Å²) in [7, 11) is 0. The molecule has 1 aromatic heterocycles. The van der Waals surface area contributed by atoms with Crippen molar-refractivity contribution < 1.29 is 19.1 Å². The predicted octanol–water partition coefficient (Wildman–Crippen LogP) is 5.67. The van der Waals surface area contributed by atoms with Crippen molar-refractivity contribution in [2.24, 2.45) is 5.41 Å². The summed E-state index contributed by atoms with van der Waals surface area (Å²) in [6.07, 6.45) is 0.510. The fraction of sp³-hybridized carbons (Fsp3) is 0.269. The van der Waals surface area contributed by atoms with Crippen LogP contribution in [0.25, 0.3) is 0 Å². The number of aryl methyl sites for hydroxylation is 1. The number of hydrogen-bond donors (Lipinski definition) is 0. The number of ether oxygens (including phenoxy) is 2. The highest BCUT2D eigenvalue weighted by Gasteiger charge is 2.54. The second-order valence-corrected chi connectivity index (χ2v) is 9.98. The SMILES string of the molecule is Cc1sc(=S)c(C)c2c1CC(C(=O)OCc1ccccc1)(C(=O)OCc1ccccc1)C2. The Kier molecular flexibility index (Phi) is 6.53. The van der Waals surface area contributed by atoms with Gasteiger partial charge in [-0.15, -0.1) is 11.3 Å². The minimum absolute atomic E-state index is 0.108. The third-order valence-corrected chi connectivity index (χ3v) is 7.56. The molecule has 4 rings (SSSR count). The molecule has 4 nitrogen and oxygen atoms in total. The van der Waals surface area contributed by atoms with Gasteiger partial charge in [-0.2, -0.15) is 0 Å². The van der Waals surface area contributed by atoms with Gasteiger partial charge in [0.2, 0.25) is 0 Å². The molecule has 0 radical (unpaired) electrons. The Hall–Kier alpha value is -2.83. The first-order chi connectivity index (χ1) is 15.4. The van der Waals surface area contributed by atoms with Crippen LogP contribution in [0, 0.1) is 23.1 Å². The van der Waals surface area contributed by atoms with E-state index in [1.165, 1.54) is 11.3 Å². The van der Waals surface area contributed by atoms with E-state index >= 15 is 0 Å². The molecule has 1 heterocycles. The second kappa shape index (κ2) is 9.35. The van der Waals surface area contributed by atoms with Crippen molar-refractivity contribution in [3.63, 3.8) is 0 Å². The Labute approximate surface area is 196 Å². The molecular weight excluding hydrogens is 440 g/mol. The lowest BCUT2D eigenvalue weighted by Crippen LogP contribution is -2.43. The van der Waals surface area contributed by atoms with Crippen LogP contribution in [0.5, 0.6) is 0 Å². The van der Waals surface area contributed by atoms with Gasteiger partial charge in [-0.25, -0.2) is 0 Å². The zero-order valence-corrected chi connectivity index (χ0v) is 19.7. The molecule has 1 aliphatic rings. The van der Waals surface area contributed by atoms with E-state index in [9.17, 15) is 9.59 Å². The molecule has 0 saturated carbocycles. The summed E-state index contributed by atoms with van der Waals surface area (Å²) in [5, 5.41) is 0. The van der Waals surface area contributed by atoms with Crippen molar-refractivity contribution in [1.29, 1.82) is 0 Å². The van der Waals surface area contributed by atoms with Gasteiger partial charge in [0.15, 0.2) is 5.41 Å². The molecule has 0 fully saturated rings. The molecule has 0 saturated heterocycles. The van der Waals surface area contributed by atoms with Crippen LogP contribution in [-0.2, 0) is 45.1 Å². The predicted molar refractivity (Wildman–Crippen MR) is 127 cm³/mol. The first kappa shape index (κ1) is 22.4. The molecule has 0 spiro atoms. The number of esters is 2. The molecular formula is C26H24O4S2. The Morgan fingerprint density at radius 3 is 1.81 bits per heavy atom. The number of benzene rings is 2. The number of carbonyl (C=O) groups excluding carboxylic acids is 2. The second-order valence-electron chi connectivity index (χ2n) is 8.09. The Morgan fingerprint density at radius 1 is 0.844 bits per heavy atom. The van der Waals surface area contributed by atoms with Crippen LogP contribution in [0.3, 0.4) is 0 Å². The van der Waals surface area contributed by atoms with Gasteiger partial charge in [-0.05, 0) is 41.7 Å². The van der Waals surface area contributed by atoms with Crippen molar-refractivity contribution in [3.05, 3.63) is 97.2 Å². The zero-order chi connectivity index (χ0) is 22.7. The van der Waals surface area contributed by atoms with Gasteiger partial charge in [0.1, 0.15) is 13.2 Å². The largest absolute Gasteiger partial charge is 0.460 e. The zero-order valence-electron chi connectivity index (χ0n) is 18.1. The maximum atomic E-state index is 13.4. The molecule has 0 amide bonds. The lowest BCUT2D eigenvalue weighted by Gasteiger charge is -2.25. The van der Waals surface area contributed by atoms with Crippen molar-refractivity contribution in [2.45, 2.75) is 39.9 Å². The van der Waals surface area contributed by atoms with E-state index in [1.807, 2.05) is 74.5 Å². The lowest BCUT2D eigenvalue weighted by atomic mass is 9.84. The maximum absolute atomic E-state index is 13.4. The van der Waals surface area contributed by atoms with E-state index < -0.39 is 17.4 Å². The third-order valence-electron chi connectivity index (χ3n) is 5.96. The molecule has 0 unspecified atom stereocenters. The molecule has 3 aromatic rings. The highest BCUT2D eigenvalue weighted by Crippen LogP contribution is 2.44. The first-order valence-electron chi connectivity index (χ1n) is 10.4. The fourth-order valence-corrected chi connectivity index (χ4v) is 5.44. The normalized spacial score (nSPS) is 13.9. The highest BCUT2D eigenvalue weighted by atomic mass is 32.1. The number of carbonyl (C=O) groups is 2. The standard InChI is InChI=1S/C26H24O4S2/c1-17-21-13-26(14-22(21)18(2)32-23(17)31,24(27)29-15-19-9-5-3-6-10-19)25(28)30-16-20-11-7-4-8-12-20/h3-12H,13-16H2,1-2H3. The van der Waals surface area contributed by atoms with Gasteiger partial charge >= 0.3 is 11.9 Å². The van der Waals surface area contributed by atoms with Gasteiger partial charge in [0, 0.05) is 17.7 Å². The Bertz CT molecular complexity index is 1140. The van der Waals surface area contributed by atoms with E-state index in [-0.39, 0.29) is 26.1 Å². The summed E-state index contributed by atoms with van der Waals surface area (Å²) in [6.45, 7) is 4.16. The van der Waals surface area contributed by atoms with Crippen LogP contribution < -0.4 is 0 Å². The monoisotopic (exact) mass is 464 g/mol. The summed E-state index contributed by atoms with van der Waals surface area (Å²) in [5.74, 6) is -1.10. The molecule has 32 heavy (non-hydrogen) atoms. The van der Waals surface area contributed by atoms with Gasteiger partial charge in [0.25, 0.3) is 0 Å². The molecule has 1 aliphatic carbocycles. The highest BCUT2D eigenvalue weighted by molar-refractivity contribution is 7.73. The van der Waals surface area contributed by atoms with Crippen LogP contribution in [0.15, 0.2) is 60.7 Å². The maximum Gasteiger partial charge on any atom is 0.324 e. The van der Waals surface area contributed by atoms with E-state index in [2.05, 4.69) is 0 Å². The van der Waals surface area contributed by atoms with Crippen LogP contribution >= 0.6 is 23.6 Å². The molecule has 2 aromatic carbocycles. The number of rotatable bonds is 6. The van der Waals surface area contributed by atoms with Gasteiger partial charge in [-0.3, -0.25) is 9.59 Å². The van der Waals surface area contributed by atoms with Crippen LogP contribution in [0.2, 0.25) is 0 Å². The summed E-state index contributed by atoms with van der Waals surface area (Å²) >= 11 is 7.02.